The maximum Gasteiger partial charge on any atom is 0.338 e. The van der Waals surface area contributed by atoms with Gasteiger partial charge in [-0.25, -0.2) is 4.79 Å². The highest BCUT2D eigenvalue weighted by Gasteiger charge is 2.16. The normalized spacial score (nSPS) is 10.5. The van der Waals surface area contributed by atoms with Gasteiger partial charge in [0.1, 0.15) is 0 Å². The van der Waals surface area contributed by atoms with Crippen molar-refractivity contribution in [1.82, 2.24) is 5.32 Å². The Hall–Kier alpha value is -3.15. The van der Waals surface area contributed by atoms with Gasteiger partial charge in [0, 0.05) is 6.54 Å². The lowest BCUT2D eigenvalue weighted by Gasteiger charge is -2.13. The highest BCUT2D eigenvalue weighted by molar-refractivity contribution is 6.04. The number of benzene rings is 2. The molecule has 2 rings (SSSR count). The van der Waals surface area contributed by atoms with Gasteiger partial charge < -0.3 is 15.4 Å². The van der Waals surface area contributed by atoms with E-state index in [4.69, 9.17) is 4.74 Å². The van der Waals surface area contributed by atoms with Crippen molar-refractivity contribution in [2.24, 2.45) is 5.92 Å². The number of nitrogens with one attached hydrogen (secondary N) is 2. The lowest BCUT2D eigenvalue weighted by molar-refractivity contribution is -0.119. The van der Waals surface area contributed by atoms with Gasteiger partial charge in [-0.1, -0.05) is 43.7 Å². The van der Waals surface area contributed by atoms with Crippen molar-refractivity contribution in [3.8, 4) is 0 Å². The predicted octanol–water partition coefficient (Wildman–Crippen LogP) is 3.48. The lowest BCUT2D eigenvalue weighted by Crippen LogP contribution is -2.29. The van der Waals surface area contributed by atoms with E-state index in [0.29, 0.717) is 29.3 Å². The summed E-state index contributed by atoms with van der Waals surface area (Å²) in [5.41, 5.74) is 2.88. The molecule has 0 saturated carbocycles. The van der Waals surface area contributed by atoms with E-state index in [0.717, 1.165) is 11.1 Å². The molecule has 2 N–H and O–H groups in total. The minimum atomic E-state index is -0.556. The first-order valence-electron chi connectivity index (χ1n) is 9.19. The highest BCUT2D eigenvalue weighted by Crippen LogP contribution is 2.16. The van der Waals surface area contributed by atoms with Gasteiger partial charge in [0.05, 0.1) is 16.8 Å². The second kappa shape index (κ2) is 9.69. The van der Waals surface area contributed by atoms with Gasteiger partial charge in [-0.2, -0.15) is 0 Å². The molecule has 0 bridgehead atoms. The fourth-order valence-electron chi connectivity index (χ4n) is 2.53. The van der Waals surface area contributed by atoms with Gasteiger partial charge in [0.2, 0.25) is 0 Å². The molecule has 2 aromatic carbocycles. The fourth-order valence-corrected chi connectivity index (χ4v) is 2.53. The summed E-state index contributed by atoms with van der Waals surface area (Å²) >= 11 is 0. The SMILES string of the molecule is Cc1ccc(C)c(C(=O)OCC(=O)Nc2ccccc2C(=O)NCC(C)C)c1. The van der Waals surface area contributed by atoms with E-state index in [9.17, 15) is 14.4 Å². The van der Waals surface area contributed by atoms with Gasteiger partial charge in [0.25, 0.3) is 11.8 Å². The molecule has 0 aliphatic heterocycles. The molecule has 6 heteroatoms. The van der Waals surface area contributed by atoms with E-state index in [2.05, 4.69) is 10.6 Å². The lowest BCUT2D eigenvalue weighted by atomic mass is 10.1. The molecule has 2 amide bonds. The van der Waals surface area contributed by atoms with Crippen LogP contribution in [-0.2, 0) is 9.53 Å². The van der Waals surface area contributed by atoms with Crippen LogP contribution >= 0.6 is 0 Å². The molecule has 0 aromatic heterocycles. The number of carbonyl (C=O) groups excluding carboxylic acids is 3. The molecule has 0 saturated heterocycles. The molecular weight excluding hydrogens is 356 g/mol. The van der Waals surface area contributed by atoms with Crippen LogP contribution in [0.3, 0.4) is 0 Å². The highest BCUT2D eigenvalue weighted by atomic mass is 16.5. The summed E-state index contributed by atoms with van der Waals surface area (Å²) < 4.78 is 5.13. The van der Waals surface area contributed by atoms with Gasteiger partial charge in [0.15, 0.2) is 6.61 Å². The Labute approximate surface area is 165 Å². The zero-order valence-electron chi connectivity index (χ0n) is 16.7. The summed E-state index contributed by atoms with van der Waals surface area (Å²) in [5, 5.41) is 5.45. The average Bonchev–Trinajstić information content (AvgIpc) is 2.66. The maximum atomic E-state index is 12.3. The first-order chi connectivity index (χ1) is 13.3. The van der Waals surface area contributed by atoms with Crippen LogP contribution < -0.4 is 10.6 Å². The standard InChI is InChI=1S/C22H26N2O4/c1-14(2)12-23-21(26)17-7-5-6-8-19(17)24-20(25)13-28-22(27)18-11-15(3)9-10-16(18)4/h5-11,14H,12-13H2,1-4H3,(H,23,26)(H,24,25). The number of para-hydroxylation sites is 1. The smallest absolute Gasteiger partial charge is 0.338 e. The van der Waals surface area contributed by atoms with E-state index in [1.165, 1.54) is 0 Å². The van der Waals surface area contributed by atoms with Crippen LogP contribution in [0.15, 0.2) is 42.5 Å². The summed E-state index contributed by atoms with van der Waals surface area (Å²) in [6.07, 6.45) is 0. The second-order valence-electron chi connectivity index (χ2n) is 7.09. The molecule has 0 aliphatic rings. The number of rotatable bonds is 7. The molecule has 0 radical (unpaired) electrons. The van der Waals surface area contributed by atoms with Crippen molar-refractivity contribution < 1.29 is 19.1 Å². The molecule has 0 heterocycles. The Morgan fingerprint density at radius 2 is 1.71 bits per heavy atom. The number of ether oxygens (including phenoxy) is 1. The van der Waals surface area contributed by atoms with Gasteiger partial charge in [-0.15, -0.1) is 0 Å². The van der Waals surface area contributed by atoms with Crippen molar-refractivity contribution >= 4 is 23.5 Å². The first-order valence-corrected chi connectivity index (χ1v) is 9.19. The van der Waals surface area contributed by atoms with Crippen LogP contribution in [0, 0.1) is 19.8 Å². The largest absolute Gasteiger partial charge is 0.452 e. The molecule has 2 aromatic rings. The van der Waals surface area contributed by atoms with Crippen LogP contribution in [0.25, 0.3) is 0 Å². The van der Waals surface area contributed by atoms with E-state index in [1.54, 1.807) is 30.3 Å². The second-order valence-corrected chi connectivity index (χ2v) is 7.09. The molecule has 0 spiro atoms. The van der Waals surface area contributed by atoms with Crippen LogP contribution in [0.1, 0.15) is 45.7 Å². The summed E-state index contributed by atoms with van der Waals surface area (Å²) in [6, 6.07) is 12.2. The molecular formula is C22H26N2O4. The van der Waals surface area contributed by atoms with Crippen LogP contribution in [-0.4, -0.2) is 30.9 Å². The minimum Gasteiger partial charge on any atom is -0.452 e. The van der Waals surface area contributed by atoms with Gasteiger partial charge in [-0.05, 0) is 43.5 Å². The summed E-state index contributed by atoms with van der Waals surface area (Å²) in [4.78, 5) is 36.8. The molecule has 0 aliphatic carbocycles. The zero-order valence-corrected chi connectivity index (χ0v) is 16.7. The monoisotopic (exact) mass is 382 g/mol. The Bertz CT molecular complexity index is 875. The molecule has 6 nitrogen and oxygen atoms in total. The van der Waals surface area contributed by atoms with Gasteiger partial charge >= 0.3 is 5.97 Å². The van der Waals surface area contributed by atoms with Crippen molar-refractivity contribution in [3.63, 3.8) is 0 Å². The van der Waals surface area contributed by atoms with Crippen LogP contribution in [0.4, 0.5) is 5.69 Å². The summed E-state index contributed by atoms with van der Waals surface area (Å²) in [5.74, 6) is -1.02. The number of hydrogen-bond donors (Lipinski definition) is 2. The third-order valence-electron chi connectivity index (χ3n) is 4.06. The molecule has 0 atom stereocenters. The molecule has 148 valence electrons. The van der Waals surface area contributed by atoms with Crippen molar-refractivity contribution in [2.45, 2.75) is 27.7 Å². The van der Waals surface area contributed by atoms with E-state index < -0.39 is 18.5 Å². The summed E-state index contributed by atoms with van der Waals surface area (Å²) in [6.45, 7) is 7.78. The average molecular weight is 382 g/mol. The number of hydrogen-bond acceptors (Lipinski definition) is 4. The number of carbonyl (C=O) groups is 3. The number of aryl methyl sites for hydroxylation is 2. The van der Waals surface area contributed by atoms with Crippen molar-refractivity contribution in [3.05, 3.63) is 64.7 Å². The quantitative estimate of drug-likeness (QED) is 0.718. The maximum absolute atomic E-state index is 12.3. The van der Waals surface area contributed by atoms with Crippen molar-refractivity contribution in [1.29, 1.82) is 0 Å². The summed E-state index contributed by atoms with van der Waals surface area (Å²) in [7, 11) is 0. The Balaban J connectivity index is 1.99. The van der Waals surface area contributed by atoms with E-state index >= 15 is 0 Å². The first kappa shape index (κ1) is 21.2. The van der Waals surface area contributed by atoms with Crippen LogP contribution in [0.2, 0.25) is 0 Å². The molecule has 0 fully saturated rings. The number of esters is 1. The topological polar surface area (TPSA) is 84.5 Å². The third kappa shape index (κ3) is 5.94. The van der Waals surface area contributed by atoms with E-state index in [1.807, 2.05) is 39.8 Å². The third-order valence-corrected chi connectivity index (χ3v) is 4.06. The predicted molar refractivity (Wildman–Crippen MR) is 108 cm³/mol. The van der Waals surface area contributed by atoms with E-state index in [-0.39, 0.29) is 5.91 Å². The number of amides is 2. The fraction of sp³-hybridized carbons (Fsp3) is 0.318. The van der Waals surface area contributed by atoms with Crippen molar-refractivity contribution in [2.75, 3.05) is 18.5 Å². The van der Waals surface area contributed by atoms with Crippen LogP contribution in [0.5, 0.6) is 0 Å². The number of anilines is 1. The Morgan fingerprint density at radius 3 is 2.43 bits per heavy atom. The molecule has 0 unspecified atom stereocenters. The zero-order chi connectivity index (χ0) is 20.7. The Kier molecular flexibility index (Phi) is 7.32. The minimum absolute atomic E-state index is 0.267. The van der Waals surface area contributed by atoms with Gasteiger partial charge in [-0.3, -0.25) is 9.59 Å². The Morgan fingerprint density at radius 1 is 1.00 bits per heavy atom. The molecule has 28 heavy (non-hydrogen) atoms.